The molecule has 0 saturated heterocycles. The average Bonchev–Trinajstić information content (AvgIpc) is 2.91. The van der Waals surface area contributed by atoms with Crippen LogP contribution in [0.1, 0.15) is 44.3 Å². The minimum absolute atomic E-state index is 0.0518. The number of hydrogen-bond acceptors (Lipinski definition) is 4. The molecule has 0 radical (unpaired) electrons. The molecule has 1 heterocycles. The van der Waals surface area contributed by atoms with E-state index in [1.54, 1.807) is 0 Å². The molecule has 0 aromatic carbocycles. The molecule has 1 aromatic heterocycles. The summed E-state index contributed by atoms with van der Waals surface area (Å²) in [6.45, 7) is 0.697. The van der Waals surface area contributed by atoms with E-state index in [0.29, 0.717) is 6.54 Å². The van der Waals surface area contributed by atoms with Crippen molar-refractivity contribution in [2.75, 3.05) is 12.3 Å². The van der Waals surface area contributed by atoms with Crippen LogP contribution in [0.15, 0.2) is 5.16 Å². The Morgan fingerprint density at radius 2 is 1.77 bits per heavy atom. The summed E-state index contributed by atoms with van der Waals surface area (Å²) in [5, 5.41) is 9.84. The van der Waals surface area contributed by atoms with E-state index < -0.39 is 12.0 Å². The molecule has 4 aliphatic rings. The van der Waals surface area contributed by atoms with Crippen molar-refractivity contribution in [3.05, 3.63) is 5.82 Å². The van der Waals surface area contributed by atoms with Gasteiger partial charge in [0.15, 0.2) is 5.16 Å². The number of aromatic nitrogens is 3. The zero-order valence-electron chi connectivity index (χ0n) is 14.7. The van der Waals surface area contributed by atoms with Crippen LogP contribution in [0.4, 0.5) is 13.2 Å². The van der Waals surface area contributed by atoms with Crippen molar-refractivity contribution in [3.8, 4) is 0 Å². The first kappa shape index (κ1) is 18.1. The van der Waals surface area contributed by atoms with Crippen molar-refractivity contribution >= 4 is 17.7 Å². The molecule has 4 saturated carbocycles. The highest BCUT2D eigenvalue weighted by Crippen LogP contribution is 2.59. The van der Waals surface area contributed by atoms with Gasteiger partial charge >= 0.3 is 6.18 Å². The molecule has 144 valence electrons. The molecule has 9 heteroatoms. The van der Waals surface area contributed by atoms with Crippen LogP contribution in [0.5, 0.6) is 0 Å². The van der Waals surface area contributed by atoms with Crippen molar-refractivity contribution in [3.63, 3.8) is 0 Å². The third-order valence-electron chi connectivity index (χ3n) is 6.25. The Bertz CT molecular complexity index is 667. The van der Waals surface area contributed by atoms with Gasteiger partial charge in [-0.15, -0.1) is 10.2 Å². The highest BCUT2D eigenvalue weighted by molar-refractivity contribution is 7.99. The first-order valence-corrected chi connectivity index (χ1v) is 10.1. The maximum absolute atomic E-state index is 12.7. The van der Waals surface area contributed by atoms with E-state index in [-0.39, 0.29) is 22.2 Å². The smallest absolute Gasteiger partial charge is 0.355 e. The van der Waals surface area contributed by atoms with E-state index in [1.165, 1.54) is 45.6 Å². The molecule has 1 amide bonds. The lowest BCUT2D eigenvalue weighted by Crippen LogP contribution is -2.51. The predicted molar refractivity (Wildman–Crippen MR) is 90.3 cm³/mol. The molecular formula is C17H23F3N4OS. The fraction of sp³-hybridized carbons (Fsp3) is 0.824. The molecule has 4 bridgehead atoms. The monoisotopic (exact) mass is 388 g/mol. The molecule has 0 atom stereocenters. The normalized spacial score (nSPS) is 32.8. The fourth-order valence-electron chi connectivity index (χ4n) is 5.66. The number of alkyl halides is 3. The largest absolute Gasteiger partial charge is 0.451 e. The first-order valence-electron chi connectivity index (χ1n) is 9.10. The van der Waals surface area contributed by atoms with Gasteiger partial charge in [-0.3, -0.25) is 4.79 Å². The van der Waals surface area contributed by atoms with Gasteiger partial charge in [0.1, 0.15) is 0 Å². The molecule has 0 aliphatic heterocycles. The van der Waals surface area contributed by atoms with Gasteiger partial charge in [0, 0.05) is 13.6 Å². The Labute approximate surface area is 154 Å². The minimum atomic E-state index is -4.54. The van der Waals surface area contributed by atoms with Gasteiger partial charge in [-0.05, 0) is 61.7 Å². The molecule has 5 rings (SSSR count). The number of thioether (sulfide) groups is 1. The van der Waals surface area contributed by atoms with Crippen LogP contribution in [-0.4, -0.2) is 33.0 Å². The standard InChI is InChI=1S/C17H23F3N4OS/c1-24-14(17(18,19)20)22-23-15(24)26-8-13(25)21-9-16-5-10-2-11(6-16)4-12(3-10)7-16/h10-12H,2-9H2,1H3,(H,21,25). The molecule has 1 N–H and O–H groups in total. The SMILES string of the molecule is Cn1c(SCC(=O)NCC23CC4CC(CC(C4)C2)C3)nnc1C(F)(F)F. The summed E-state index contributed by atoms with van der Waals surface area (Å²) in [6, 6.07) is 0. The summed E-state index contributed by atoms with van der Waals surface area (Å²) < 4.78 is 39.1. The van der Waals surface area contributed by atoms with E-state index in [9.17, 15) is 18.0 Å². The fourth-order valence-corrected chi connectivity index (χ4v) is 6.40. The summed E-state index contributed by atoms with van der Waals surface area (Å²) in [4.78, 5) is 12.2. The Morgan fingerprint density at radius 3 is 2.27 bits per heavy atom. The number of nitrogens with zero attached hydrogens (tertiary/aromatic N) is 3. The predicted octanol–water partition coefficient (Wildman–Crippen LogP) is 3.26. The third kappa shape index (κ3) is 3.46. The number of halogens is 3. The lowest BCUT2D eigenvalue weighted by molar-refractivity contribution is -0.147. The number of rotatable bonds is 5. The van der Waals surface area contributed by atoms with Crippen LogP contribution >= 0.6 is 11.8 Å². The summed E-state index contributed by atoms with van der Waals surface area (Å²) in [5.41, 5.74) is 0.253. The van der Waals surface area contributed by atoms with Gasteiger partial charge in [-0.25, -0.2) is 0 Å². The van der Waals surface area contributed by atoms with Crippen molar-refractivity contribution in [1.29, 1.82) is 0 Å². The van der Waals surface area contributed by atoms with Gasteiger partial charge in [-0.2, -0.15) is 13.2 Å². The van der Waals surface area contributed by atoms with Crippen LogP contribution in [0, 0.1) is 23.2 Å². The Hall–Kier alpha value is -1.25. The molecule has 5 nitrogen and oxygen atoms in total. The van der Waals surface area contributed by atoms with Crippen LogP contribution < -0.4 is 5.32 Å². The second kappa shape index (κ2) is 6.42. The number of carbonyl (C=O) groups is 1. The molecule has 0 spiro atoms. The number of carbonyl (C=O) groups excluding carboxylic acids is 1. The summed E-state index contributed by atoms with van der Waals surface area (Å²) in [6.07, 6.45) is 3.17. The Kier molecular flexibility index (Phi) is 4.48. The third-order valence-corrected chi connectivity index (χ3v) is 7.27. The van der Waals surface area contributed by atoms with E-state index >= 15 is 0 Å². The van der Waals surface area contributed by atoms with E-state index in [0.717, 1.165) is 34.1 Å². The molecule has 4 aliphatic carbocycles. The van der Waals surface area contributed by atoms with Crippen LogP contribution in [0.2, 0.25) is 0 Å². The van der Waals surface area contributed by atoms with Crippen LogP contribution in [0.3, 0.4) is 0 Å². The number of hydrogen-bond donors (Lipinski definition) is 1. The van der Waals surface area contributed by atoms with Gasteiger partial charge in [0.05, 0.1) is 5.75 Å². The molecule has 1 aromatic rings. The second-order valence-corrected chi connectivity index (χ2v) is 9.29. The van der Waals surface area contributed by atoms with Crippen molar-refractivity contribution in [2.45, 2.75) is 49.9 Å². The minimum Gasteiger partial charge on any atom is -0.355 e. The zero-order valence-corrected chi connectivity index (χ0v) is 15.5. The number of nitrogens with one attached hydrogen (secondary N) is 1. The van der Waals surface area contributed by atoms with Crippen LogP contribution in [-0.2, 0) is 18.0 Å². The molecule has 0 unspecified atom stereocenters. The average molecular weight is 388 g/mol. The van der Waals surface area contributed by atoms with Crippen LogP contribution in [0.25, 0.3) is 0 Å². The summed E-state index contributed by atoms with van der Waals surface area (Å²) in [7, 11) is 1.26. The summed E-state index contributed by atoms with van der Waals surface area (Å²) >= 11 is 0.986. The van der Waals surface area contributed by atoms with Gasteiger partial charge in [-0.1, -0.05) is 11.8 Å². The molecule has 26 heavy (non-hydrogen) atoms. The highest BCUT2D eigenvalue weighted by atomic mass is 32.2. The van der Waals surface area contributed by atoms with E-state index in [4.69, 9.17) is 0 Å². The Morgan fingerprint density at radius 1 is 1.19 bits per heavy atom. The van der Waals surface area contributed by atoms with E-state index in [2.05, 4.69) is 15.5 Å². The highest BCUT2D eigenvalue weighted by Gasteiger charge is 2.50. The quantitative estimate of drug-likeness (QED) is 0.787. The topological polar surface area (TPSA) is 59.8 Å². The first-order chi connectivity index (χ1) is 12.2. The maximum atomic E-state index is 12.7. The van der Waals surface area contributed by atoms with Gasteiger partial charge in [0.25, 0.3) is 0 Å². The lowest BCUT2D eigenvalue weighted by Gasteiger charge is -2.56. The van der Waals surface area contributed by atoms with Crippen molar-refractivity contribution in [2.24, 2.45) is 30.2 Å². The number of amides is 1. The Balaban J connectivity index is 1.29. The zero-order chi connectivity index (χ0) is 18.5. The van der Waals surface area contributed by atoms with E-state index in [1.807, 2.05) is 0 Å². The lowest BCUT2D eigenvalue weighted by atomic mass is 9.49. The summed E-state index contributed by atoms with van der Waals surface area (Å²) in [5.74, 6) is 1.33. The maximum Gasteiger partial charge on any atom is 0.451 e. The van der Waals surface area contributed by atoms with Crippen molar-refractivity contribution in [1.82, 2.24) is 20.1 Å². The van der Waals surface area contributed by atoms with Gasteiger partial charge < -0.3 is 9.88 Å². The second-order valence-electron chi connectivity index (χ2n) is 8.35. The van der Waals surface area contributed by atoms with Gasteiger partial charge in [0.2, 0.25) is 11.7 Å². The van der Waals surface area contributed by atoms with Crippen molar-refractivity contribution < 1.29 is 18.0 Å². The molecular weight excluding hydrogens is 365 g/mol. The molecule has 4 fully saturated rings.